The molecule has 0 atom stereocenters. The van der Waals surface area contributed by atoms with E-state index in [1.54, 1.807) is 0 Å². The van der Waals surface area contributed by atoms with E-state index in [9.17, 15) is 4.79 Å². The van der Waals surface area contributed by atoms with E-state index in [4.69, 9.17) is 0 Å². The summed E-state index contributed by atoms with van der Waals surface area (Å²) in [4.78, 5) is 18.3. The Morgan fingerprint density at radius 3 is 2.70 bits per heavy atom. The lowest BCUT2D eigenvalue weighted by Crippen LogP contribution is -2.39. The quantitative estimate of drug-likeness (QED) is 0.817. The molecule has 112 valence electrons. The SMILES string of the molecule is CC(C)c1n[nH]c(CC2CCN(C(=O)CCS)CC2)n1. The van der Waals surface area contributed by atoms with Crippen molar-refractivity contribution < 1.29 is 4.79 Å². The van der Waals surface area contributed by atoms with Crippen LogP contribution in [0, 0.1) is 5.92 Å². The number of rotatable bonds is 5. The minimum absolute atomic E-state index is 0.236. The van der Waals surface area contributed by atoms with Crippen LogP contribution in [0.2, 0.25) is 0 Å². The van der Waals surface area contributed by atoms with Crippen LogP contribution in [-0.4, -0.2) is 44.8 Å². The molecule has 0 spiro atoms. The van der Waals surface area contributed by atoms with Crippen molar-refractivity contribution in [1.29, 1.82) is 0 Å². The van der Waals surface area contributed by atoms with E-state index < -0.39 is 0 Å². The number of thiol groups is 1. The molecule has 6 heteroatoms. The zero-order valence-electron chi connectivity index (χ0n) is 12.3. The molecule has 1 amide bonds. The molecule has 0 radical (unpaired) electrons. The molecule has 1 fully saturated rings. The topological polar surface area (TPSA) is 61.9 Å². The highest BCUT2D eigenvalue weighted by atomic mass is 32.1. The molecule has 5 nitrogen and oxygen atoms in total. The van der Waals surface area contributed by atoms with Gasteiger partial charge in [-0.25, -0.2) is 4.98 Å². The van der Waals surface area contributed by atoms with E-state index in [0.717, 1.165) is 44.0 Å². The second kappa shape index (κ2) is 7.11. The first-order chi connectivity index (χ1) is 9.60. The molecule has 0 saturated carbocycles. The maximum atomic E-state index is 11.8. The Hall–Kier alpha value is -1.04. The number of likely N-dealkylation sites (tertiary alicyclic amines) is 1. The Bertz CT molecular complexity index is 438. The molecule has 1 aromatic heterocycles. The normalized spacial score (nSPS) is 16.9. The predicted octanol–water partition coefficient (Wildman–Crippen LogP) is 2.03. The fraction of sp³-hybridized carbons (Fsp3) is 0.786. The largest absolute Gasteiger partial charge is 0.343 e. The summed E-state index contributed by atoms with van der Waals surface area (Å²) in [6.07, 6.45) is 3.59. The third-order valence-corrected chi connectivity index (χ3v) is 4.06. The minimum atomic E-state index is 0.236. The lowest BCUT2D eigenvalue weighted by Gasteiger charge is -2.31. The molecule has 1 aliphatic heterocycles. The van der Waals surface area contributed by atoms with Gasteiger partial charge in [0.1, 0.15) is 5.82 Å². The van der Waals surface area contributed by atoms with Crippen LogP contribution in [0.3, 0.4) is 0 Å². The maximum absolute atomic E-state index is 11.8. The summed E-state index contributed by atoms with van der Waals surface area (Å²) in [7, 11) is 0. The minimum Gasteiger partial charge on any atom is -0.343 e. The molecule has 0 aliphatic carbocycles. The second-order valence-electron chi connectivity index (χ2n) is 5.80. The monoisotopic (exact) mass is 296 g/mol. The van der Waals surface area contributed by atoms with Gasteiger partial charge in [0.05, 0.1) is 0 Å². The second-order valence-corrected chi connectivity index (χ2v) is 6.24. The molecule has 1 aliphatic rings. The van der Waals surface area contributed by atoms with Crippen LogP contribution in [0.1, 0.15) is 50.7 Å². The number of piperidine rings is 1. The van der Waals surface area contributed by atoms with E-state index in [1.807, 2.05) is 4.90 Å². The van der Waals surface area contributed by atoms with Gasteiger partial charge >= 0.3 is 0 Å². The summed E-state index contributed by atoms with van der Waals surface area (Å²) in [5.41, 5.74) is 0. The first-order valence-electron chi connectivity index (χ1n) is 7.40. The van der Waals surface area contributed by atoms with Crippen LogP contribution in [0.5, 0.6) is 0 Å². The smallest absolute Gasteiger partial charge is 0.223 e. The highest BCUT2D eigenvalue weighted by Crippen LogP contribution is 2.21. The average Bonchev–Trinajstić information content (AvgIpc) is 2.88. The van der Waals surface area contributed by atoms with Gasteiger partial charge < -0.3 is 4.90 Å². The van der Waals surface area contributed by atoms with Crippen LogP contribution in [0.15, 0.2) is 0 Å². The van der Waals surface area contributed by atoms with Crippen LogP contribution in [0.4, 0.5) is 0 Å². The molecular weight excluding hydrogens is 272 g/mol. The molecule has 2 rings (SSSR count). The lowest BCUT2D eigenvalue weighted by molar-refractivity contribution is -0.132. The van der Waals surface area contributed by atoms with Crippen molar-refractivity contribution in [2.75, 3.05) is 18.8 Å². The molecule has 0 aromatic carbocycles. The Morgan fingerprint density at radius 2 is 2.15 bits per heavy atom. The molecule has 1 saturated heterocycles. The van der Waals surface area contributed by atoms with Crippen molar-refractivity contribution in [3.05, 3.63) is 11.6 Å². The number of hydrogen-bond acceptors (Lipinski definition) is 4. The summed E-state index contributed by atoms with van der Waals surface area (Å²) in [6.45, 7) is 5.92. The molecule has 1 N–H and O–H groups in total. The fourth-order valence-electron chi connectivity index (χ4n) is 2.57. The standard InChI is InChI=1S/C14H24N4OS/c1-10(2)14-15-12(16-17-14)9-11-3-6-18(7-4-11)13(19)5-8-20/h10-11,20H,3-9H2,1-2H3,(H,15,16,17). The van der Waals surface area contributed by atoms with E-state index in [0.29, 0.717) is 24.0 Å². The van der Waals surface area contributed by atoms with Crippen LogP contribution < -0.4 is 0 Å². The Labute approximate surface area is 125 Å². The van der Waals surface area contributed by atoms with Gasteiger partial charge in [-0.05, 0) is 24.5 Å². The van der Waals surface area contributed by atoms with Gasteiger partial charge in [-0.3, -0.25) is 9.89 Å². The maximum Gasteiger partial charge on any atom is 0.223 e. The number of nitrogens with one attached hydrogen (secondary N) is 1. The highest BCUT2D eigenvalue weighted by molar-refractivity contribution is 7.80. The predicted molar refractivity (Wildman–Crippen MR) is 81.9 cm³/mol. The summed E-state index contributed by atoms with van der Waals surface area (Å²) >= 11 is 4.12. The lowest BCUT2D eigenvalue weighted by atomic mass is 9.93. The number of aromatic amines is 1. The summed E-state index contributed by atoms with van der Waals surface area (Å²) < 4.78 is 0. The van der Waals surface area contributed by atoms with Gasteiger partial charge in [0.2, 0.25) is 5.91 Å². The van der Waals surface area contributed by atoms with E-state index in [2.05, 4.69) is 41.7 Å². The molecule has 1 aromatic rings. The molecule has 2 heterocycles. The van der Waals surface area contributed by atoms with Crippen molar-refractivity contribution in [2.45, 2.75) is 45.4 Å². The Balaban J connectivity index is 1.80. The van der Waals surface area contributed by atoms with Crippen molar-refractivity contribution >= 4 is 18.5 Å². The Morgan fingerprint density at radius 1 is 1.45 bits per heavy atom. The van der Waals surface area contributed by atoms with Gasteiger partial charge in [-0.1, -0.05) is 13.8 Å². The number of amides is 1. The number of hydrogen-bond donors (Lipinski definition) is 2. The fourth-order valence-corrected chi connectivity index (χ4v) is 2.76. The zero-order valence-corrected chi connectivity index (χ0v) is 13.2. The molecular formula is C14H24N4OS. The number of carbonyl (C=O) groups excluding carboxylic acids is 1. The zero-order chi connectivity index (χ0) is 14.5. The number of aromatic nitrogens is 3. The third-order valence-electron chi connectivity index (χ3n) is 3.84. The van der Waals surface area contributed by atoms with E-state index >= 15 is 0 Å². The summed E-state index contributed by atoms with van der Waals surface area (Å²) in [6, 6.07) is 0. The van der Waals surface area contributed by atoms with Crippen molar-refractivity contribution in [3.63, 3.8) is 0 Å². The van der Waals surface area contributed by atoms with Crippen molar-refractivity contribution in [2.24, 2.45) is 5.92 Å². The van der Waals surface area contributed by atoms with Gasteiger partial charge in [-0.2, -0.15) is 17.7 Å². The van der Waals surface area contributed by atoms with Gasteiger partial charge in [-0.15, -0.1) is 0 Å². The first-order valence-corrected chi connectivity index (χ1v) is 8.03. The molecule has 0 bridgehead atoms. The highest BCUT2D eigenvalue weighted by Gasteiger charge is 2.23. The molecule has 0 unspecified atom stereocenters. The number of nitrogens with zero attached hydrogens (tertiary/aromatic N) is 3. The van der Waals surface area contributed by atoms with Crippen LogP contribution in [0.25, 0.3) is 0 Å². The van der Waals surface area contributed by atoms with Crippen LogP contribution >= 0.6 is 12.6 Å². The Kier molecular flexibility index (Phi) is 5.46. The van der Waals surface area contributed by atoms with Crippen molar-refractivity contribution in [3.8, 4) is 0 Å². The van der Waals surface area contributed by atoms with Gasteiger partial charge in [0, 0.05) is 31.8 Å². The summed E-state index contributed by atoms with van der Waals surface area (Å²) in [5.74, 6) is 3.70. The van der Waals surface area contributed by atoms with Crippen LogP contribution in [-0.2, 0) is 11.2 Å². The average molecular weight is 296 g/mol. The first kappa shape index (κ1) is 15.4. The van der Waals surface area contributed by atoms with E-state index in [-0.39, 0.29) is 5.91 Å². The number of H-pyrrole nitrogens is 1. The van der Waals surface area contributed by atoms with E-state index in [1.165, 1.54) is 0 Å². The van der Waals surface area contributed by atoms with Crippen molar-refractivity contribution in [1.82, 2.24) is 20.1 Å². The van der Waals surface area contributed by atoms with Gasteiger partial charge in [0.25, 0.3) is 0 Å². The number of carbonyl (C=O) groups is 1. The molecule has 20 heavy (non-hydrogen) atoms. The third kappa shape index (κ3) is 3.98. The summed E-state index contributed by atoms with van der Waals surface area (Å²) in [5, 5.41) is 7.28. The van der Waals surface area contributed by atoms with Gasteiger partial charge in [0.15, 0.2) is 5.82 Å².